The van der Waals surface area contributed by atoms with E-state index in [4.69, 9.17) is 18.5 Å². The minimum atomic E-state index is -4.63. The van der Waals surface area contributed by atoms with E-state index < -0.39 is 32.5 Å². The van der Waals surface area contributed by atoms with Crippen molar-refractivity contribution in [1.29, 1.82) is 0 Å². The molecule has 0 N–H and O–H groups in total. The summed E-state index contributed by atoms with van der Waals surface area (Å²) in [6.07, 6.45) is 46.7. The van der Waals surface area contributed by atoms with Crippen molar-refractivity contribution in [1.82, 2.24) is 0 Å². The van der Waals surface area contributed by atoms with E-state index in [1.807, 2.05) is 21.1 Å². The smallest absolute Gasteiger partial charge is 0.306 e. The fourth-order valence-corrected chi connectivity index (χ4v) is 6.53. The molecule has 0 heterocycles. The highest BCUT2D eigenvalue weighted by molar-refractivity contribution is 7.45. The molecule has 0 rings (SSSR count). The highest BCUT2D eigenvalue weighted by Crippen LogP contribution is 2.38. The van der Waals surface area contributed by atoms with Crippen LogP contribution in [0.3, 0.4) is 0 Å². The number of esters is 2. The summed E-state index contributed by atoms with van der Waals surface area (Å²) >= 11 is 0. The van der Waals surface area contributed by atoms with E-state index in [0.29, 0.717) is 17.4 Å². The number of carbonyl (C=O) groups excluding carboxylic acids is 2. The summed E-state index contributed by atoms with van der Waals surface area (Å²) in [4.78, 5) is 37.5. The quantitative estimate of drug-likeness (QED) is 0.0197. The van der Waals surface area contributed by atoms with Gasteiger partial charge in [0.1, 0.15) is 19.8 Å². The van der Waals surface area contributed by atoms with E-state index in [2.05, 4.69) is 74.6 Å². The lowest BCUT2D eigenvalue weighted by Crippen LogP contribution is -2.37. The Kier molecular flexibility index (Phi) is 37.6. The lowest BCUT2D eigenvalue weighted by atomic mass is 10.0. The number of phosphoric acid groups is 1. The van der Waals surface area contributed by atoms with Crippen LogP contribution in [0.5, 0.6) is 0 Å². The van der Waals surface area contributed by atoms with Gasteiger partial charge in [0.15, 0.2) is 6.10 Å². The van der Waals surface area contributed by atoms with E-state index >= 15 is 0 Å². The average Bonchev–Trinajstić information content (AvgIpc) is 3.16. The first kappa shape index (κ1) is 54.7. The average molecular weight is 822 g/mol. The zero-order valence-corrected chi connectivity index (χ0v) is 37.9. The molecule has 57 heavy (non-hydrogen) atoms. The van der Waals surface area contributed by atoms with Gasteiger partial charge < -0.3 is 27.9 Å². The van der Waals surface area contributed by atoms with Crippen LogP contribution in [-0.2, 0) is 32.7 Å². The van der Waals surface area contributed by atoms with Gasteiger partial charge in [0.25, 0.3) is 7.82 Å². The molecule has 0 aromatic rings. The number of hydrogen-bond donors (Lipinski definition) is 0. The van der Waals surface area contributed by atoms with E-state index in [-0.39, 0.29) is 26.1 Å². The lowest BCUT2D eigenvalue weighted by molar-refractivity contribution is -0.870. The van der Waals surface area contributed by atoms with Crippen molar-refractivity contribution in [2.24, 2.45) is 0 Å². The van der Waals surface area contributed by atoms with Crippen molar-refractivity contribution in [3.05, 3.63) is 60.8 Å². The Morgan fingerprint density at radius 3 is 1.49 bits per heavy atom. The van der Waals surface area contributed by atoms with E-state index in [1.165, 1.54) is 64.2 Å². The van der Waals surface area contributed by atoms with Gasteiger partial charge in [-0.2, -0.15) is 0 Å². The summed E-state index contributed by atoms with van der Waals surface area (Å²) in [5.74, 6) is -0.864. The Labute approximate surface area is 349 Å². The van der Waals surface area contributed by atoms with Crippen molar-refractivity contribution < 1.29 is 42.1 Å². The second-order valence-corrected chi connectivity index (χ2v) is 17.4. The standard InChI is InChI=1S/C47H84NO8P/c1-6-8-10-12-14-16-18-20-21-22-23-24-25-26-28-30-32-34-36-38-40-47(50)56-45(44-55-57(51,52)54-42-41-48(3,4)5)43-53-46(49)39-37-35-33-31-29-27-19-17-15-13-11-9-7-2/h8,10,14,16,20-21,23-24,26,28,45H,6-7,9,11-13,15,17-19,22,25,27,29-44H2,1-5H3/b10-8+,16-14+,21-20+,24-23+,28-26+/t45-/m1/s1. The molecule has 1 unspecified atom stereocenters. The first-order valence-electron chi connectivity index (χ1n) is 22.5. The molecule has 0 aromatic carbocycles. The van der Waals surface area contributed by atoms with Gasteiger partial charge in [0.2, 0.25) is 0 Å². The van der Waals surface area contributed by atoms with E-state index in [0.717, 1.165) is 77.0 Å². The maximum atomic E-state index is 12.7. The summed E-state index contributed by atoms with van der Waals surface area (Å²) in [5, 5.41) is 0. The van der Waals surface area contributed by atoms with Crippen LogP contribution in [-0.4, -0.2) is 70.0 Å². The Bertz CT molecular complexity index is 1160. The van der Waals surface area contributed by atoms with Gasteiger partial charge in [0.05, 0.1) is 27.7 Å². The summed E-state index contributed by atoms with van der Waals surface area (Å²) in [5.41, 5.74) is 0. The Morgan fingerprint density at radius 2 is 1.00 bits per heavy atom. The monoisotopic (exact) mass is 822 g/mol. The molecule has 0 saturated carbocycles. The zero-order chi connectivity index (χ0) is 42.1. The SMILES string of the molecule is CC/C=C/C/C=C/C/C=C/C/C=C/C/C=C/CCCCCCC(=O)O[C@H](COC(=O)CCCCCCCCCCCCCCC)COP(=O)([O-])OCC[N+](C)(C)C. The predicted octanol–water partition coefficient (Wildman–Crippen LogP) is 12.2. The first-order chi connectivity index (χ1) is 27.5. The fourth-order valence-electron chi connectivity index (χ4n) is 5.80. The molecule has 2 atom stereocenters. The number of carbonyl (C=O) groups is 2. The van der Waals surface area contributed by atoms with Crippen molar-refractivity contribution in [2.45, 2.75) is 180 Å². The molecule has 0 radical (unpaired) electrons. The molecule has 0 spiro atoms. The molecular weight excluding hydrogens is 737 g/mol. The van der Waals surface area contributed by atoms with E-state index in [1.54, 1.807) is 0 Å². The molecule has 0 saturated heterocycles. The molecule has 0 aliphatic heterocycles. The molecule has 0 aromatic heterocycles. The number of nitrogens with zero attached hydrogens (tertiary/aromatic N) is 1. The Morgan fingerprint density at radius 1 is 0.561 bits per heavy atom. The second kappa shape index (κ2) is 39.2. The van der Waals surface area contributed by atoms with Crippen LogP contribution >= 0.6 is 7.82 Å². The maximum Gasteiger partial charge on any atom is 0.306 e. The van der Waals surface area contributed by atoms with Crippen LogP contribution in [0.2, 0.25) is 0 Å². The van der Waals surface area contributed by atoms with Gasteiger partial charge in [0, 0.05) is 12.8 Å². The number of likely N-dealkylation sites (N-methyl/N-ethyl adjacent to an activating group) is 1. The summed E-state index contributed by atoms with van der Waals surface area (Å²) < 4.78 is 33.9. The van der Waals surface area contributed by atoms with Gasteiger partial charge in [-0.3, -0.25) is 14.2 Å². The first-order valence-corrected chi connectivity index (χ1v) is 24.0. The third-order valence-electron chi connectivity index (χ3n) is 9.30. The van der Waals surface area contributed by atoms with Crippen molar-refractivity contribution in [2.75, 3.05) is 47.5 Å². The predicted molar refractivity (Wildman–Crippen MR) is 236 cm³/mol. The number of rotatable bonds is 40. The Balaban J connectivity index is 4.40. The molecule has 9 nitrogen and oxygen atoms in total. The topological polar surface area (TPSA) is 111 Å². The van der Waals surface area contributed by atoms with Gasteiger partial charge >= 0.3 is 11.9 Å². The van der Waals surface area contributed by atoms with Crippen molar-refractivity contribution >= 4 is 19.8 Å². The van der Waals surface area contributed by atoms with Gasteiger partial charge in [-0.15, -0.1) is 0 Å². The number of quaternary nitrogens is 1. The Hall–Kier alpha value is -2.29. The van der Waals surface area contributed by atoms with E-state index in [9.17, 15) is 19.0 Å². The third kappa shape index (κ3) is 43.1. The minimum absolute atomic E-state index is 0.0378. The summed E-state index contributed by atoms with van der Waals surface area (Å²) in [6.45, 7) is 4.08. The summed E-state index contributed by atoms with van der Waals surface area (Å²) in [6, 6.07) is 0. The fraction of sp³-hybridized carbons (Fsp3) is 0.745. The van der Waals surface area contributed by atoms with Gasteiger partial charge in [-0.1, -0.05) is 164 Å². The molecule has 330 valence electrons. The minimum Gasteiger partial charge on any atom is -0.756 e. The van der Waals surface area contributed by atoms with Crippen LogP contribution in [0.4, 0.5) is 0 Å². The highest BCUT2D eigenvalue weighted by Gasteiger charge is 2.21. The van der Waals surface area contributed by atoms with Crippen LogP contribution in [0.25, 0.3) is 0 Å². The van der Waals surface area contributed by atoms with Gasteiger partial charge in [-0.05, 0) is 57.8 Å². The van der Waals surface area contributed by atoms with Crippen molar-refractivity contribution in [3.63, 3.8) is 0 Å². The summed E-state index contributed by atoms with van der Waals surface area (Å²) in [7, 11) is 1.14. The largest absolute Gasteiger partial charge is 0.756 e. The molecule has 0 bridgehead atoms. The second-order valence-electron chi connectivity index (χ2n) is 16.0. The molecule has 10 heteroatoms. The number of unbranched alkanes of at least 4 members (excludes halogenated alkanes) is 16. The molecular formula is C47H84NO8P. The number of hydrogen-bond acceptors (Lipinski definition) is 8. The van der Waals surface area contributed by atoms with Crippen LogP contribution < -0.4 is 4.89 Å². The highest BCUT2D eigenvalue weighted by atomic mass is 31.2. The van der Waals surface area contributed by atoms with Crippen LogP contribution in [0, 0.1) is 0 Å². The molecule has 0 fully saturated rings. The lowest BCUT2D eigenvalue weighted by Gasteiger charge is -2.28. The van der Waals surface area contributed by atoms with Crippen molar-refractivity contribution in [3.8, 4) is 0 Å². The van der Waals surface area contributed by atoms with Crippen LogP contribution in [0.15, 0.2) is 60.8 Å². The van der Waals surface area contributed by atoms with Gasteiger partial charge in [-0.25, -0.2) is 0 Å². The number of phosphoric ester groups is 1. The molecule has 0 amide bonds. The number of ether oxygens (including phenoxy) is 2. The third-order valence-corrected chi connectivity index (χ3v) is 10.3. The normalized spacial score (nSPS) is 14.1. The van der Waals surface area contributed by atoms with Crippen LogP contribution in [0.1, 0.15) is 174 Å². The molecule has 0 aliphatic carbocycles. The zero-order valence-electron chi connectivity index (χ0n) is 37.0. The molecule has 0 aliphatic rings. The maximum absolute atomic E-state index is 12.7. The number of allylic oxidation sites excluding steroid dienone is 10.